The van der Waals surface area contributed by atoms with E-state index in [1.54, 1.807) is 0 Å². The Hall–Kier alpha value is -1.14. The fourth-order valence-corrected chi connectivity index (χ4v) is 2.22. The number of carboxylic acid groups (broad SMARTS) is 2. The molecule has 0 spiro atoms. The standard InChI is InChI=1S/C12H24O2.C6H14N2O2/c1-2-3-4-5-6-7-8-9-10-11-12(13)14;7-4-2-1-3-5(8)6(9)10/h2-11H2,1H3,(H,13,14);5H,1-4,7-8H2,(H,9,10)/t;5-/m.0/s1. The van der Waals surface area contributed by atoms with Crippen molar-refractivity contribution in [2.45, 2.75) is 96.4 Å². The van der Waals surface area contributed by atoms with Gasteiger partial charge in [-0.05, 0) is 25.8 Å². The SMILES string of the molecule is CCCCCCCCCCCC(=O)O.NCCCC[C@H](N)C(=O)O. The monoisotopic (exact) mass is 346 g/mol. The molecule has 0 bridgehead atoms. The van der Waals surface area contributed by atoms with E-state index in [-0.39, 0.29) is 0 Å². The van der Waals surface area contributed by atoms with Crippen LogP contribution in [0.3, 0.4) is 0 Å². The smallest absolute Gasteiger partial charge is 0.320 e. The highest BCUT2D eigenvalue weighted by molar-refractivity contribution is 5.72. The van der Waals surface area contributed by atoms with E-state index < -0.39 is 18.0 Å². The van der Waals surface area contributed by atoms with Crippen molar-refractivity contribution in [1.29, 1.82) is 0 Å². The number of unbranched alkanes of at least 4 members (excludes halogenated alkanes) is 9. The van der Waals surface area contributed by atoms with E-state index in [0.717, 1.165) is 25.7 Å². The fraction of sp³-hybridized carbons (Fsp3) is 0.889. The molecule has 0 aliphatic rings. The molecule has 0 heterocycles. The molecule has 0 aromatic carbocycles. The molecule has 0 aromatic rings. The Morgan fingerprint density at radius 3 is 1.75 bits per heavy atom. The molecular weight excluding hydrogens is 308 g/mol. The lowest BCUT2D eigenvalue weighted by atomic mass is 10.1. The number of aliphatic carboxylic acids is 2. The summed E-state index contributed by atoms with van der Waals surface area (Å²) >= 11 is 0. The molecule has 0 rings (SSSR count). The van der Waals surface area contributed by atoms with Crippen LogP contribution >= 0.6 is 0 Å². The molecule has 0 aromatic heterocycles. The fourth-order valence-electron chi connectivity index (χ4n) is 2.22. The Kier molecular flexibility index (Phi) is 20.8. The molecule has 6 nitrogen and oxygen atoms in total. The third kappa shape index (κ3) is 23.1. The Balaban J connectivity index is 0. The molecule has 0 aliphatic heterocycles. The molecule has 1 atom stereocenters. The molecular formula is C18H38N2O4. The van der Waals surface area contributed by atoms with Crippen LogP contribution in [0.5, 0.6) is 0 Å². The minimum Gasteiger partial charge on any atom is -0.481 e. The van der Waals surface area contributed by atoms with Gasteiger partial charge in [-0.15, -0.1) is 0 Å². The zero-order valence-electron chi connectivity index (χ0n) is 15.3. The molecule has 0 radical (unpaired) electrons. The van der Waals surface area contributed by atoms with E-state index in [1.807, 2.05) is 0 Å². The first kappa shape index (κ1) is 25.1. The first-order valence-electron chi connectivity index (χ1n) is 9.35. The second-order valence-electron chi connectivity index (χ2n) is 6.20. The van der Waals surface area contributed by atoms with E-state index in [0.29, 0.717) is 19.4 Å². The van der Waals surface area contributed by atoms with Crippen LogP contribution in [-0.4, -0.2) is 34.7 Å². The zero-order valence-corrected chi connectivity index (χ0v) is 15.3. The molecule has 0 amide bonds. The third-order valence-corrected chi connectivity index (χ3v) is 3.78. The van der Waals surface area contributed by atoms with Crippen molar-refractivity contribution in [3.05, 3.63) is 0 Å². The van der Waals surface area contributed by atoms with Gasteiger partial charge in [0.05, 0.1) is 0 Å². The molecule has 0 aliphatic carbocycles. The second kappa shape index (κ2) is 19.9. The first-order valence-corrected chi connectivity index (χ1v) is 9.35. The minimum absolute atomic E-state index is 0.343. The average Bonchev–Trinajstić information content (AvgIpc) is 2.53. The van der Waals surface area contributed by atoms with Crippen LogP contribution < -0.4 is 11.5 Å². The van der Waals surface area contributed by atoms with Crippen LogP contribution in [0.4, 0.5) is 0 Å². The molecule has 0 saturated carbocycles. The maximum absolute atomic E-state index is 10.2. The van der Waals surface area contributed by atoms with Gasteiger partial charge in [0.25, 0.3) is 0 Å². The lowest BCUT2D eigenvalue weighted by Crippen LogP contribution is -2.29. The molecule has 6 N–H and O–H groups in total. The normalized spacial score (nSPS) is 11.5. The van der Waals surface area contributed by atoms with Crippen LogP contribution in [-0.2, 0) is 9.59 Å². The van der Waals surface area contributed by atoms with Gasteiger partial charge in [-0.1, -0.05) is 64.7 Å². The summed E-state index contributed by atoms with van der Waals surface area (Å²) in [5.41, 5.74) is 10.4. The highest BCUT2D eigenvalue weighted by Crippen LogP contribution is 2.10. The van der Waals surface area contributed by atoms with Crippen LogP contribution in [0.15, 0.2) is 0 Å². The molecule has 144 valence electrons. The third-order valence-electron chi connectivity index (χ3n) is 3.78. The number of hydrogen-bond acceptors (Lipinski definition) is 4. The largest absolute Gasteiger partial charge is 0.481 e. The number of hydrogen-bond donors (Lipinski definition) is 4. The Bertz CT molecular complexity index is 299. The second-order valence-corrected chi connectivity index (χ2v) is 6.20. The summed E-state index contributed by atoms with van der Waals surface area (Å²) in [6.45, 7) is 2.83. The van der Waals surface area contributed by atoms with Crippen molar-refractivity contribution in [3.8, 4) is 0 Å². The molecule has 24 heavy (non-hydrogen) atoms. The van der Waals surface area contributed by atoms with Gasteiger partial charge in [0.1, 0.15) is 6.04 Å². The van der Waals surface area contributed by atoms with Crippen LogP contribution in [0.25, 0.3) is 0 Å². The predicted octanol–water partition coefficient (Wildman–Crippen LogP) is 3.52. The average molecular weight is 347 g/mol. The van der Waals surface area contributed by atoms with E-state index in [2.05, 4.69) is 6.92 Å². The number of nitrogens with two attached hydrogens (primary N) is 2. The van der Waals surface area contributed by atoms with Gasteiger partial charge in [0.15, 0.2) is 0 Å². The summed E-state index contributed by atoms with van der Waals surface area (Å²) in [5, 5.41) is 16.7. The number of carbonyl (C=O) groups is 2. The van der Waals surface area contributed by atoms with E-state index in [9.17, 15) is 9.59 Å². The molecule has 6 heteroatoms. The summed E-state index contributed by atoms with van der Waals surface area (Å²) < 4.78 is 0. The molecule has 0 saturated heterocycles. The minimum atomic E-state index is -0.933. The lowest BCUT2D eigenvalue weighted by Gasteiger charge is -2.03. The Morgan fingerprint density at radius 2 is 1.33 bits per heavy atom. The van der Waals surface area contributed by atoms with Gasteiger partial charge in [0, 0.05) is 6.42 Å². The van der Waals surface area contributed by atoms with Crippen molar-refractivity contribution in [2.75, 3.05) is 6.54 Å². The quantitative estimate of drug-likeness (QED) is 0.336. The number of carboxylic acids is 2. The van der Waals surface area contributed by atoms with Crippen molar-refractivity contribution < 1.29 is 19.8 Å². The maximum Gasteiger partial charge on any atom is 0.320 e. The van der Waals surface area contributed by atoms with Crippen molar-refractivity contribution in [2.24, 2.45) is 11.5 Å². The summed E-state index contributed by atoms with van der Waals surface area (Å²) in [6, 6.07) is -0.716. The van der Waals surface area contributed by atoms with Gasteiger partial charge >= 0.3 is 11.9 Å². The topological polar surface area (TPSA) is 127 Å². The van der Waals surface area contributed by atoms with E-state index in [1.165, 1.54) is 44.9 Å². The Morgan fingerprint density at radius 1 is 0.833 bits per heavy atom. The van der Waals surface area contributed by atoms with Crippen molar-refractivity contribution >= 4 is 11.9 Å². The summed E-state index contributed by atoms with van der Waals surface area (Å²) in [7, 11) is 0. The van der Waals surface area contributed by atoms with Crippen LogP contribution in [0.2, 0.25) is 0 Å². The Labute approximate surface area is 147 Å². The summed E-state index contributed by atoms with van der Waals surface area (Å²) in [4.78, 5) is 20.3. The van der Waals surface area contributed by atoms with Gasteiger partial charge < -0.3 is 21.7 Å². The highest BCUT2D eigenvalue weighted by Gasteiger charge is 2.09. The van der Waals surface area contributed by atoms with Crippen molar-refractivity contribution in [1.82, 2.24) is 0 Å². The van der Waals surface area contributed by atoms with Gasteiger partial charge in [-0.25, -0.2) is 0 Å². The van der Waals surface area contributed by atoms with Crippen LogP contribution in [0.1, 0.15) is 90.4 Å². The van der Waals surface area contributed by atoms with E-state index >= 15 is 0 Å². The van der Waals surface area contributed by atoms with E-state index in [4.69, 9.17) is 21.7 Å². The van der Waals surface area contributed by atoms with Gasteiger partial charge in [0.2, 0.25) is 0 Å². The molecule has 0 fully saturated rings. The maximum atomic E-state index is 10.2. The first-order chi connectivity index (χ1) is 11.5. The van der Waals surface area contributed by atoms with Crippen LogP contribution in [0, 0.1) is 0 Å². The zero-order chi connectivity index (χ0) is 18.6. The van der Waals surface area contributed by atoms with Gasteiger partial charge in [-0.2, -0.15) is 0 Å². The summed E-state index contributed by atoms with van der Waals surface area (Å²) in [6.07, 6.45) is 13.6. The summed E-state index contributed by atoms with van der Waals surface area (Å²) in [5.74, 6) is -1.59. The van der Waals surface area contributed by atoms with Crippen molar-refractivity contribution in [3.63, 3.8) is 0 Å². The van der Waals surface area contributed by atoms with Gasteiger partial charge in [-0.3, -0.25) is 9.59 Å². The highest BCUT2D eigenvalue weighted by atomic mass is 16.4. The molecule has 0 unspecified atom stereocenters. The lowest BCUT2D eigenvalue weighted by molar-refractivity contribution is -0.139. The predicted molar refractivity (Wildman–Crippen MR) is 98.0 cm³/mol. The number of rotatable bonds is 15.